The van der Waals surface area contributed by atoms with E-state index < -0.39 is 0 Å². The summed E-state index contributed by atoms with van der Waals surface area (Å²) in [5, 5.41) is 0. The molecule has 1 fully saturated rings. The average Bonchev–Trinajstić information content (AvgIpc) is 2.66. The molecular formula is C12H24O2S. The molecule has 1 rings (SSSR count). The summed E-state index contributed by atoms with van der Waals surface area (Å²) in [6.45, 7) is 8.03. The van der Waals surface area contributed by atoms with Crippen LogP contribution in [0.4, 0.5) is 0 Å². The van der Waals surface area contributed by atoms with Crippen LogP contribution in [0.5, 0.6) is 0 Å². The molecule has 0 aromatic carbocycles. The van der Waals surface area contributed by atoms with Gasteiger partial charge in [-0.2, -0.15) is 11.8 Å². The topological polar surface area (TPSA) is 18.5 Å². The van der Waals surface area contributed by atoms with Gasteiger partial charge in [0.2, 0.25) is 0 Å². The molecule has 0 radical (unpaired) electrons. The Hall–Kier alpha value is 0.270. The summed E-state index contributed by atoms with van der Waals surface area (Å²) in [6.07, 6.45) is 4.00. The number of thioether (sulfide) groups is 1. The fourth-order valence-electron chi connectivity index (χ4n) is 1.68. The van der Waals surface area contributed by atoms with E-state index >= 15 is 0 Å². The Morgan fingerprint density at radius 2 is 1.93 bits per heavy atom. The first-order valence-corrected chi connectivity index (χ1v) is 7.20. The summed E-state index contributed by atoms with van der Waals surface area (Å²) in [5.41, 5.74) is 0. The molecule has 1 heterocycles. The first-order valence-electron chi connectivity index (χ1n) is 6.04. The zero-order chi connectivity index (χ0) is 11.1. The standard InChI is InChI=1S/C12H24O2S/c1-4-5-6-9-15-10-11(2)12(3)13-7-8-14-12/h11H,4-10H2,1-3H3. The lowest BCUT2D eigenvalue weighted by molar-refractivity contribution is -0.171. The summed E-state index contributed by atoms with van der Waals surface area (Å²) in [7, 11) is 0. The summed E-state index contributed by atoms with van der Waals surface area (Å²) < 4.78 is 11.3. The van der Waals surface area contributed by atoms with Crippen LogP contribution in [-0.2, 0) is 9.47 Å². The van der Waals surface area contributed by atoms with Crippen molar-refractivity contribution in [1.29, 1.82) is 0 Å². The van der Waals surface area contributed by atoms with Crippen molar-refractivity contribution in [3.8, 4) is 0 Å². The average molecular weight is 232 g/mol. The van der Waals surface area contributed by atoms with Crippen molar-refractivity contribution in [2.24, 2.45) is 5.92 Å². The molecule has 1 aliphatic rings. The van der Waals surface area contributed by atoms with Crippen molar-refractivity contribution in [1.82, 2.24) is 0 Å². The second-order valence-corrected chi connectivity index (χ2v) is 5.55. The number of hydrogen-bond donors (Lipinski definition) is 0. The molecule has 0 bridgehead atoms. The zero-order valence-corrected chi connectivity index (χ0v) is 11.1. The van der Waals surface area contributed by atoms with E-state index in [9.17, 15) is 0 Å². The van der Waals surface area contributed by atoms with Crippen LogP contribution in [0.25, 0.3) is 0 Å². The molecular weight excluding hydrogens is 208 g/mol. The van der Waals surface area contributed by atoms with Crippen LogP contribution >= 0.6 is 11.8 Å². The van der Waals surface area contributed by atoms with Gasteiger partial charge in [-0.15, -0.1) is 0 Å². The third-order valence-electron chi connectivity index (χ3n) is 3.02. The van der Waals surface area contributed by atoms with Gasteiger partial charge in [0.05, 0.1) is 13.2 Å². The maximum atomic E-state index is 5.64. The number of unbranched alkanes of at least 4 members (excludes halogenated alkanes) is 2. The predicted molar refractivity (Wildman–Crippen MR) is 66.3 cm³/mol. The Labute approximate surface area is 98.1 Å². The molecule has 1 saturated heterocycles. The SMILES string of the molecule is CCCCCSCC(C)C1(C)OCCO1. The van der Waals surface area contributed by atoms with Crippen molar-refractivity contribution in [3.63, 3.8) is 0 Å². The van der Waals surface area contributed by atoms with E-state index in [0.29, 0.717) is 5.92 Å². The van der Waals surface area contributed by atoms with E-state index in [1.165, 1.54) is 25.0 Å². The molecule has 0 N–H and O–H groups in total. The molecule has 1 unspecified atom stereocenters. The van der Waals surface area contributed by atoms with Gasteiger partial charge in [-0.25, -0.2) is 0 Å². The van der Waals surface area contributed by atoms with E-state index in [2.05, 4.69) is 20.8 Å². The Morgan fingerprint density at radius 3 is 2.53 bits per heavy atom. The van der Waals surface area contributed by atoms with Crippen LogP contribution in [0, 0.1) is 5.92 Å². The van der Waals surface area contributed by atoms with Crippen LogP contribution in [0.2, 0.25) is 0 Å². The highest BCUT2D eigenvalue weighted by Gasteiger charge is 2.36. The fraction of sp³-hybridized carbons (Fsp3) is 1.00. The van der Waals surface area contributed by atoms with Gasteiger partial charge in [-0.3, -0.25) is 0 Å². The lowest BCUT2D eigenvalue weighted by Crippen LogP contribution is -2.35. The van der Waals surface area contributed by atoms with Gasteiger partial charge in [0.1, 0.15) is 0 Å². The number of ether oxygens (including phenoxy) is 2. The quantitative estimate of drug-likeness (QED) is 0.627. The van der Waals surface area contributed by atoms with Gasteiger partial charge >= 0.3 is 0 Å². The van der Waals surface area contributed by atoms with E-state index in [4.69, 9.17) is 9.47 Å². The molecule has 2 nitrogen and oxygen atoms in total. The number of rotatable bonds is 7. The molecule has 0 amide bonds. The third-order valence-corrected chi connectivity index (χ3v) is 4.33. The van der Waals surface area contributed by atoms with Crippen molar-refractivity contribution in [2.45, 2.75) is 45.8 Å². The second kappa shape index (κ2) is 6.77. The van der Waals surface area contributed by atoms with Crippen LogP contribution in [0.1, 0.15) is 40.0 Å². The number of hydrogen-bond acceptors (Lipinski definition) is 3. The summed E-state index contributed by atoms with van der Waals surface area (Å²) >= 11 is 2.03. The highest BCUT2D eigenvalue weighted by atomic mass is 32.2. The Balaban J connectivity index is 2.09. The molecule has 3 heteroatoms. The minimum Gasteiger partial charge on any atom is -0.348 e. The molecule has 0 aliphatic carbocycles. The van der Waals surface area contributed by atoms with Crippen molar-refractivity contribution in [2.75, 3.05) is 24.7 Å². The lowest BCUT2D eigenvalue weighted by atomic mass is 10.1. The highest BCUT2D eigenvalue weighted by Crippen LogP contribution is 2.30. The Morgan fingerprint density at radius 1 is 1.27 bits per heavy atom. The van der Waals surface area contributed by atoms with E-state index in [1.807, 2.05) is 11.8 Å². The predicted octanol–water partition coefficient (Wildman–Crippen LogP) is 3.31. The van der Waals surface area contributed by atoms with Crippen molar-refractivity contribution < 1.29 is 9.47 Å². The fourth-order valence-corrected chi connectivity index (χ4v) is 2.91. The second-order valence-electron chi connectivity index (χ2n) is 4.40. The minimum atomic E-state index is -0.322. The van der Waals surface area contributed by atoms with Gasteiger partial charge in [-0.1, -0.05) is 26.7 Å². The molecule has 90 valence electrons. The minimum absolute atomic E-state index is 0.322. The van der Waals surface area contributed by atoms with Gasteiger partial charge in [-0.05, 0) is 19.1 Å². The van der Waals surface area contributed by atoms with Gasteiger partial charge in [0.25, 0.3) is 0 Å². The van der Waals surface area contributed by atoms with Crippen LogP contribution < -0.4 is 0 Å². The van der Waals surface area contributed by atoms with Gasteiger partial charge < -0.3 is 9.47 Å². The van der Waals surface area contributed by atoms with Crippen molar-refractivity contribution >= 4 is 11.8 Å². The highest BCUT2D eigenvalue weighted by molar-refractivity contribution is 7.99. The molecule has 0 aromatic heterocycles. The molecule has 1 atom stereocenters. The monoisotopic (exact) mass is 232 g/mol. The maximum Gasteiger partial charge on any atom is 0.169 e. The lowest BCUT2D eigenvalue weighted by Gasteiger charge is -2.29. The summed E-state index contributed by atoms with van der Waals surface area (Å²) in [5.74, 6) is 2.57. The normalized spacial score (nSPS) is 21.8. The zero-order valence-electron chi connectivity index (χ0n) is 10.3. The van der Waals surface area contributed by atoms with Crippen LogP contribution in [0.15, 0.2) is 0 Å². The molecule has 15 heavy (non-hydrogen) atoms. The molecule has 0 aromatic rings. The Bertz CT molecular complexity index is 167. The van der Waals surface area contributed by atoms with E-state index in [1.54, 1.807) is 0 Å². The van der Waals surface area contributed by atoms with Crippen LogP contribution in [0.3, 0.4) is 0 Å². The van der Waals surface area contributed by atoms with Gasteiger partial charge in [0, 0.05) is 11.7 Å². The maximum absolute atomic E-state index is 5.64. The smallest absolute Gasteiger partial charge is 0.169 e. The Kier molecular flexibility index (Phi) is 6.02. The largest absolute Gasteiger partial charge is 0.348 e. The molecule has 1 aliphatic heterocycles. The summed E-state index contributed by atoms with van der Waals surface area (Å²) in [4.78, 5) is 0. The van der Waals surface area contributed by atoms with Crippen LogP contribution in [-0.4, -0.2) is 30.5 Å². The van der Waals surface area contributed by atoms with Crippen molar-refractivity contribution in [3.05, 3.63) is 0 Å². The first-order chi connectivity index (χ1) is 7.19. The third kappa shape index (κ3) is 4.33. The van der Waals surface area contributed by atoms with E-state index in [0.717, 1.165) is 19.0 Å². The van der Waals surface area contributed by atoms with Gasteiger partial charge in [0.15, 0.2) is 5.79 Å². The van der Waals surface area contributed by atoms with E-state index in [-0.39, 0.29) is 5.79 Å². The summed E-state index contributed by atoms with van der Waals surface area (Å²) in [6, 6.07) is 0. The molecule has 0 saturated carbocycles. The molecule has 0 spiro atoms. The first kappa shape index (κ1) is 13.3.